The molecule has 0 spiro atoms. The Labute approximate surface area is 183 Å². The van der Waals surface area contributed by atoms with Crippen molar-refractivity contribution < 1.29 is 14.6 Å². The number of benzene rings is 1. The number of fused-ring (bicyclic) bond motifs is 1. The zero-order chi connectivity index (χ0) is 22.2. The summed E-state index contributed by atoms with van der Waals surface area (Å²) in [6, 6.07) is 6.22. The van der Waals surface area contributed by atoms with Gasteiger partial charge in [-0.25, -0.2) is 9.78 Å². The molecule has 1 aromatic carbocycles. The van der Waals surface area contributed by atoms with Crippen molar-refractivity contribution in [1.82, 2.24) is 14.9 Å². The molecule has 1 N–H and O–H groups in total. The summed E-state index contributed by atoms with van der Waals surface area (Å²) in [4.78, 5) is 27.4. The van der Waals surface area contributed by atoms with Gasteiger partial charge in [-0.05, 0) is 51.3 Å². The van der Waals surface area contributed by atoms with E-state index < -0.39 is 11.8 Å². The first-order valence-corrected chi connectivity index (χ1v) is 10.8. The number of carbonyl (C=O) groups excluding carboxylic acids is 1. The monoisotopic (exact) mass is 425 g/mol. The molecule has 2 aliphatic rings. The standard InChI is InChI=1S/C23H31N5O3/c1-23(2,3)31-22(30)28-11-9-27(10-12-28)20-15-24-14-18(25-20)16-5-7-19-17(13-16)6-8-21(29)26(19)4/h5,7,13-15,21,29H,6,8-12H2,1-4H3. The van der Waals surface area contributed by atoms with Crippen molar-refractivity contribution in [2.75, 3.05) is 43.0 Å². The zero-order valence-corrected chi connectivity index (χ0v) is 18.7. The van der Waals surface area contributed by atoms with Gasteiger partial charge >= 0.3 is 6.09 Å². The van der Waals surface area contributed by atoms with Gasteiger partial charge in [0, 0.05) is 44.5 Å². The van der Waals surface area contributed by atoms with E-state index in [0.29, 0.717) is 26.2 Å². The molecule has 1 aromatic heterocycles. The molecular formula is C23H31N5O3. The minimum atomic E-state index is -0.490. The molecule has 3 heterocycles. The number of aryl methyl sites for hydroxylation is 1. The summed E-state index contributed by atoms with van der Waals surface area (Å²) in [6.07, 6.45) is 4.42. The van der Waals surface area contributed by atoms with Gasteiger partial charge < -0.3 is 24.5 Å². The molecule has 0 radical (unpaired) electrons. The van der Waals surface area contributed by atoms with Crippen LogP contribution in [0.1, 0.15) is 32.8 Å². The Kier molecular flexibility index (Phi) is 5.75. The fourth-order valence-corrected chi connectivity index (χ4v) is 4.02. The average Bonchev–Trinajstić information content (AvgIpc) is 2.75. The maximum Gasteiger partial charge on any atom is 0.410 e. The number of anilines is 2. The highest BCUT2D eigenvalue weighted by Gasteiger charge is 2.27. The molecule has 2 aromatic rings. The van der Waals surface area contributed by atoms with E-state index in [1.54, 1.807) is 17.3 Å². The topological polar surface area (TPSA) is 82.0 Å². The van der Waals surface area contributed by atoms with E-state index in [0.717, 1.165) is 35.6 Å². The Morgan fingerprint density at radius 2 is 1.90 bits per heavy atom. The fraction of sp³-hybridized carbons (Fsp3) is 0.522. The number of aromatic nitrogens is 2. The third kappa shape index (κ3) is 4.74. The van der Waals surface area contributed by atoms with Gasteiger partial charge in [0.1, 0.15) is 17.6 Å². The van der Waals surface area contributed by atoms with Crippen LogP contribution in [0.2, 0.25) is 0 Å². The lowest BCUT2D eigenvalue weighted by molar-refractivity contribution is 0.0240. The van der Waals surface area contributed by atoms with Crippen molar-refractivity contribution in [3.05, 3.63) is 36.2 Å². The van der Waals surface area contributed by atoms with Crippen molar-refractivity contribution in [2.24, 2.45) is 0 Å². The van der Waals surface area contributed by atoms with Gasteiger partial charge in [-0.15, -0.1) is 0 Å². The van der Waals surface area contributed by atoms with Crippen molar-refractivity contribution in [2.45, 2.75) is 45.4 Å². The summed E-state index contributed by atoms with van der Waals surface area (Å²) in [6.45, 7) is 8.19. The quantitative estimate of drug-likeness (QED) is 0.792. The number of aliphatic hydroxyl groups excluding tert-OH is 1. The van der Waals surface area contributed by atoms with E-state index in [4.69, 9.17) is 9.72 Å². The van der Waals surface area contributed by atoms with Crippen LogP contribution in [0.4, 0.5) is 16.3 Å². The third-order valence-electron chi connectivity index (χ3n) is 5.75. The van der Waals surface area contributed by atoms with Gasteiger partial charge in [0.25, 0.3) is 0 Å². The third-order valence-corrected chi connectivity index (χ3v) is 5.75. The van der Waals surface area contributed by atoms with Crippen molar-refractivity contribution >= 4 is 17.6 Å². The van der Waals surface area contributed by atoms with Crippen molar-refractivity contribution in [3.8, 4) is 11.3 Å². The number of carbonyl (C=O) groups is 1. The number of ether oxygens (including phenoxy) is 1. The molecule has 8 heteroatoms. The van der Waals surface area contributed by atoms with Crippen LogP contribution >= 0.6 is 0 Å². The van der Waals surface area contributed by atoms with E-state index in [9.17, 15) is 9.90 Å². The predicted octanol–water partition coefficient (Wildman–Crippen LogP) is 2.90. The van der Waals surface area contributed by atoms with E-state index in [1.165, 1.54) is 5.56 Å². The summed E-state index contributed by atoms with van der Waals surface area (Å²) >= 11 is 0. The molecule has 8 nitrogen and oxygen atoms in total. The highest BCUT2D eigenvalue weighted by atomic mass is 16.6. The Morgan fingerprint density at radius 3 is 2.61 bits per heavy atom. The summed E-state index contributed by atoms with van der Waals surface area (Å²) in [5.74, 6) is 0.812. The lowest BCUT2D eigenvalue weighted by Crippen LogP contribution is -2.50. The van der Waals surface area contributed by atoms with Gasteiger partial charge in [-0.1, -0.05) is 6.07 Å². The van der Waals surface area contributed by atoms with E-state index in [2.05, 4.69) is 16.0 Å². The second-order valence-corrected chi connectivity index (χ2v) is 9.19. The fourth-order valence-electron chi connectivity index (χ4n) is 4.02. The van der Waals surface area contributed by atoms with Gasteiger partial charge in [-0.3, -0.25) is 4.98 Å². The molecule has 166 valence electrons. The van der Waals surface area contributed by atoms with Crippen LogP contribution in [0.25, 0.3) is 11.3 Å². The summed E-state index contributed by atoms with van der Waals surface area (Å²) < 4.78 is 5.48. The Hall–Kier alpha value is -2.87. The van der Waals surface area contributed by atoms with E-state index in [-0.39, 0.29) is 6.09 Å². The first-order chi connectivity index (χ1) is 14.7. The van der Waals surface area contributed by atoms with Crippen LogP contribution in [0.3, 0.4) is 0 Å². The number of hydrogen-bond acceptors (Lipinski definition) is 7. The molecule has 1 fully saturated rings. The van der Waals surface area contributed by atoms with Crippen LogP contribution in [-0.4, -0.2) is 71.1 Å². The largest absolute Gasteiger partial charge is 0.444 e. The molecule has 0 aliphatic carbocycles. The molecule has 1 atom stereocenters. The molecule has 4 rings (SSSR count). The minimum Gasteiger partial charge on any atom is -0.444 e. The summed E-state index contributed by atoms with van der Waals surface area (Å²) in [5.41, 5.74) is 3.62. The summed E-state index contributed by atoms with van der Waals surface area (Å²) in [5, 5.41) is 10.1. The zero-order valence-electron chi connectivity index (χ0n) is 18.7. The van der Waals surface area contributed by atoms with E-state index >= 15 is 0 Å². The average molecular weight is 426 g/mol. The molecule has 1 unspecified atom stereocenters. The van der Waals surface area contributed by atoms with Crippen LogP contribution in [0.5, 0.6) is 0 Å². The van der Waals surface area contributed by atoms with E-state index in [1.807, 2.05) is 44.9 Å². The first kappa shape index (κ1) is 21.4. The molecular weight excluding hydrogens is 394 g/mol. The van der Waals surface area contributed by atoms with Crippen molar-refractivity contribution in [3.63, 3.8) is 0 Å². The smallest absolute Gasteiger partial charge is 0.410 e. The minimum absolute atomic E-state index is 0.267. The van der Waals surface area contributed by atoms with Gasteiger partial charge in [0.2, 0.25) is 0 Å². The van der Waals surface area contributed by atoms with Crippen LogP contribution < -0.4 is 9.80 Å². The number of rotatable bonds is 2. The van der Waals surface area contributed by atoms with Gasteiger partial charge in [0.15, 0.2) is 0 Å². The summed E-state index contributed by atoms with van der Waals surface area (Å²) in [7, 11) is 1.92. The normalized spacial score (nSPS) is 19.3. The Bertz CT molecular complexity index is 950. The SMILES string of the molecule is CN1c2ccc(-c3cncc(N4CCN(C(=O)OC(C)(C)C)CC4)n3)cc2CCC1O. The number of piperazine rings is 1. The molecule has 0 bridgehead atoms. The molecule has 31 heavy (non-hydrogen) atoms. The molecule has 1 saturated heterocycles. The molecule has 2 aliphatic heterocycles. The predicted molar refractivity (Wildman–Crippen MR) is 120 cm³/mol. The molecule has 1 amide bonds. The highest BCUT2D eigenvalue weighted by molar-refractivity contribution is 5.69. The van der Waals surface area contributed by atoms with Crippen molar-refractivity contribution in [1.29, 1.82) is 0 Å². The molecule has 0 saturated carbocycles. The Morgan fingerprint density at radius 1 is 1.16 bits per heavy atom. The van der Waals surface area contributed by atoms with Crippen LogP contribution in [-0.2, 0) is 11.2 Å². The Balaban J connectivity index is 1.46. The second kappa shape index (κ2) is 8.34. The first-order valence-electron chi connectivity index (χ1n) is 10.8. The number of hydrogen-bond donors (Lipinski definition) is 1. The maximum absolute atomic E-state index is 12.3. The highest BCUT2D eigenvalue weighted by Crippen LogP contribution is 2.32. The number of aliphatic hydroxyl groups is 1. The van der Waals surface area contributed by atoms with Crippen LogP contribution in [0, 0.1) is 0 Å². The van der Waals surface area contributed by atoms with Crippen LogP contribution in [0.15, 0.2) is 30.6 Å². The number of amides is 1. The second-order valence-electron chi connectivity index (χ2n) is 9.19. The van der Waals surface area contributed by atoms with Gasteiger partial charge in [0.05, 0.1) is 18.1 Å². The lowest BCUT2D eigenvalue weighted by Gasteiger charge is -2.36. The van der Waals surface area contributed by atoms with Gasteiger partial charge in [-0.2, -0.15) is 0 Å². The number of nitrogens with zero attached hydrogens (tertiary/aromatic N) is 5. The maximum atomic E-state index is 12.3. The lowest BCUT2D eigenvalue weighted by atomic mass is 9.98.